The summed E-state index contributed by atoms with van der Waals surface area (Å²) in [6.07, 6.45) is -0.626. The molecule has 0 radical (unpaired) electrons. The van der Waals surface area contributed by atoms with E-state index in [1.54, 1.807) is 6.07 Å². The standard InChI is InChI=1S/C4H5BrN2O2/c1-7-4(8)9-3(5)2-6/h3H,1H3,(H,7,8). The molecule has 4 nitrogen and oxygen atoms in total. The summed E-state index contributed by atoms with van der Waals surface area (Å²) in [7, 11) is 1.42. The number of ether oxygens (including phenoxy) is 1. The van der Waals surface area contributed by atoms with Gasteiger partial charge in [-0.15, -0.1) is 0 Å². The average molecular weight is 193 g/mol. The van der Waals surface area contributed by atoms with E-state index in [4.69, 9.17) is 5.26 Å². The molecule has 0 fully saturated rings. The Hall–Kier alpha value is -0.760. The number of hydrogen-bond donors (Lipinski definition) is 1. The van der Waals surface area contributed by atoms with E-state index in [9.17, 15) is 4.79 Å². The van der Waals surface area contributed by atoms with Crippen LogP contribution < -0.4 is 5.32 Å². The number of halogens is 1. The number of amides is 1. The lowest BCUT2D eigenvalue weighted by Gasteiger charge is -2.01. The van der Waals surface area contributed by atoms with Crippen molar-refractivity contribution >= 4 is 22.0 Å². The molecule has 0 aliphatic rings. The van der Waals surface area contributed by atoms with Gasteiger partial charge in [0, 0.05) is 7.05 Å². The summed E-state index contributed by atoms with van der Waals surface area (Å²) in [6.45, 7) is 0. The number of carbonyl (C=O) groups excluding carboxylic acids is 1. The number of nitriles is 1. The van der Waals surface area contributed by atoms with Gasteiger partial charge in [0.05, 0.1) is 0 Å². The van der Waals surface area contributed by atoms with Gasteiger partial charge in [0.25, 0.3) is 0 Å². The Kier molecular flexibility index (Phi) is 3.80. The zero-order valence-electron chi connectivity index (χ0n) is 4.72. The lowest BCUT2D eigenvalue weighted by Crippen LogP contribution is -2.21. The average Bonchev–Trinajstić information content (AvgIpc) is 1.87. The number of nitrogens with one attached hydrogen (secondary N) is 1. The Balaban J connectivity index is 3.50. The second-order valence-electron chi connectivity index (χ2n) is 1.10. The van der Waals surface area contributed by atoms with Crippen LogP contribution in [0, 0.1) is 11.3 Å². The molecular weight excluding hydrogens is 188 g/mol. The minimum atomic E-state index is -0.863. The van der Waals surface area contributed by atoms with Crippen molar-refractivity contribution in [3.05, 3.63) is 0 Å². The molecule has 1 unspecified atom stereocenters. The predicted octanol–water partition coefficient (Wildman–Crippen LogP) is 0.587. The third-order valence-corrected chi connectivity index (χ3v) is 0.908. The molecule has 0 aromatic rings. The monoisotopic (exact) mass is 192 g/mol. The van der Waals surface area contributed by atoms with E-state index in [2.05, 4.69) is 26.0 Å². The first-order valence-corrected chi connectivity index (χ1v) is 3.04. The molecule has 1 N–H and O–H groups in total. The third kappa shape index (κ3) is 3.79. The number of rotatable bonds is 1. The van der Waals surface area contributed by atoms with Crippen LogP contribution in [0.1, 0.15) is 0 Å². The lowest BCUT2D eigenvalue weighted by atomic mass is 10.8. The maximum atomic E-state index is 10.3. The molecule has 0 bridgehead atoms. The minimum absolute atomic E-state index is 0.626. The van der Waals surface area contributed by atoms with Crippen LogP contribution in [0.15, 0.2) is 0 Å². The summed E-state index contributed by atoms with van der Waals surface area (Å²) < 4.78 is 4.35. The van der Waals surface area contributed by atoms with E-state index in [1.165, 1.54) is 7.05 Å². The summed E-state index contributed by atoms with van der Waals surface area (Å²) in [6, 6.07) is 1.66. The molecule has 0 saturated heterocycles. The molecule has 0 saturated carbocycles. The van der Waals surface area contributed by atoms with Gasteiger partial charge in [-0.3, -0.25) is 0 Å². The molecule has 0 spiro atoms. The molecule has 50 valence electrons. The fourth-order valence-corrected chi connectivity index (χ4v) is 0.349. The Morgan fingerprint density at radius 1 is 2.00 bits per heavy atom. The largest absolute Gasteiger partial charge is 0.420 e. The third-order valence-electron chi connectivity index (χ3n) is 0.516. The van der Waals surface area contributed by atoms with E-state index in [0.717, 1.165) is 0 Å². The fourth-order valence-electron chi connectivity index (χ4n) is 0.179. The van der Waals surface area contributed by atoms with E-state index in [0.29, 0.717) is 0 Å². The van der Waals surface area contributed by atoms with Crippen molar-refractivity contribution in [2.24, 2.45) is 0 Å². The summed E-state index contributed by atoms with van der Waals surface area (Å²) in [5, 5.41) is 9.40. The van der Waals surface area contributed by atoms with Gasteiger partial charge in [-0.05, 0) is 15.9 Å². The number of carbonyl (C=O) groups is 1. The van der Waals surface area contributed by atoms with Gasteiger partial charge in [-0.2, -0.15) is 5.26 Å². The summed E-state index contributed by atoms with van der Waals surface area (Å²) in [5.41, 5.74) is 0. The first-order valence-electron chi connectivity index (χ1n) is 2.12. The molecule has 0 aromatic heterocycles. The highest BCUT2D eigenvalue weighted by Crippen LogP contribution is 1.98. The van der Waals surface area contributed by atoms with Gasteiger partial charge in [-0.1, -0.05) is 0 Å². The normalized spacial score (nSPS) is 11.2. The van der Waals surface area contributed by atoms with Gasteiger partial charge in [0.15, 0.2) is 0 Å². The lowest BCUT2D eigenvalue weighted by molar-refractivity contribution is 0.155. The molecule has 0 aromatic carbocycles. The van der Waals surface area contributed by atoms with Crippen LogP contribution in [0.3, 0.4) is 0 Å². The molecule has 1 amide bonds. The molecule has 0 rings (SSSR count). The summed E-state index contributed by atoms with van der Waals surface area (Å²) in [5.74, 6) is 0. The highest BCUT2D eigenvalue weighted by atomic mass is 79.9. The molecule has 1 atom stereocenters. The molecular formula is C4H5BrN2O2. The summed E-state index contributed by atoms with van der Waals surface area (Å²) >= 11 is 2.77. The highest BCUT2D eigenvalue weighted by molar-refractivity contribution is 9.09. The van der Waals surface area contributed by atoms with Gasteiger partial charge < -0.3 is 10.1 Å². The first-order chi connectivity index (χ1) is 4.20. The zero-order chi connectivity index (χ0) is 7.28. The van der Waals surface area contributed by atoms with Crippen LogP contribution in [-0.2, 0) is 4.74 Å². The Morgan fingerprint density at radius 3 is 2.89 bits per heavy atom. The van der Waals surface area contributed by atoms with Crippen molar-refractivity contribution in [2.45, 2.75) is 5.01 Å². The number of alkyl halides is 1. The Morgan fingerprint density at radius 2 is 2.56 bits per heavy atom. The van der Waals surface area contributed by atoms with Crippen molar-refractivity contribution < 1.29 is 9.53 Å². The highest BCUT2D eigenvalue weighted by Gasteiger charge is 2.05. The van der Waals surface area contributed by atoms with Crippen molar-refractivity contribution in [1.82, 2.24) is 5.32 Å². The van der Waals surface area contributed by atoms with E-state index in [1.807, 2.05) is 0 Å². The topological polar surface area (TPSA) is 62.1 Å². The second kappa shape index (κ2) is 4.15. The van der Waals surface area contributed by atoms with Crippen LogP contribution in [0.4, 0.5) is 4.79 Å². The first kappa shape index (κ1) is 8.24. The van der Waals surface area contributed by atoms with Crippen molar-refractivity contribution in [2.75, 3.05) is 7.05 Å². The Labute approximate surface area is 60.9 Å². The second-order valence-corrected chi connectivity index (χ2v) is 1.93. The van der Waals surface area contributed by atoms with Crippen molar-refractivity contribution in [3.63, 3.8) is 0 Å². The quantitative estimate of drug-likeness (QED) is 0.619. The van der Waals surface area contributed by atoms with Crippen LogP contribution >= 0.6 is 15.9 Å². The molecule has 5 heteroatoms. The fraction of sp³-hybridized carbons (Fsp3) is 0.500. The van der Waals surface area contributed by atoms with Crippen LogP contribution in [0.2, 0.25) is 0 Å². The molecule has 9 heavy (non-hydrogen) atoms. The van der Waals surface area contributed by atoms with Gasteiger partial charge in [0.2, 0.25) is 5.01 Å². The Bertz CT molecular complexity index is 142. The van der Waals surface area contributed by atoms with E-state index >= 15 is 0 Å². The van der Waals surface area contributed by atoms with Gasteiger partial charge >= 0.3 is 6.09 Å². The van der Waals surface area contributed by atoms with Crippen LogP contribution in [0.25, 0.3) is 0 Å². The predicted molar refractivity (Wildman–Crippen MR) is 33.9 cm³/mol. The SMILES string of the molecule is CNC(=O)OC(Br)C#N. The maximum Gasteiger partial charge on any atom is 0.408 e. The smallest absolute Gasteiger partial charge is 0.408 e. The zero-order valence-corrected chi connectivity index (χ0v) is 6.31. The van der Waals surface area contributed by atoms with Crippen molar-refractivity contribution in [3.8, 4) is 6.07 Å². The van der Waals surface area contributed by atoms with Crippen LogP contribution in [0.5, 0.6) is 0 Å². The number of nitrogens with zero attached hydrogens (tertiary/aromatic N) is 1. The number of hydrogen-bond acceptors (Lipinski definition) is 3. The number of alkyl carbamates (subject to hydrolysis) is 1. The van der Waals surface area contributed by atoms with E-state index < -0.39 is 11.1 Å². The van der Waals surface area contributed by atoms with E-state index in [-0.39, 0.29) is 0 Å². The molecule has 0 aliphatic heterocycles. The van der Waals surface area contributed by atoms with Crippen molar-refractivity contribution in [1.29, 1.82) is 5.26 Å². The maximum absolute atomic E-state index is 10.3. The van der Waals surface area contributed by atoms with Gasteiger partial charge in [0.1, 0.15) is 6.07 Å². The van der Waals surface area contributed by atoms with Crippen LogP contribution in [-0.4, -0.2) is 18.2 Å². The summed E-state index contributed by atoms with van der Waals surface area (Å²) in [4.78, 5) is 10.3. The molecule has 0 aliphatic carbocycles. The minimum Gasteiger partial charge on any atom is -0.420 e. The van der Waals surface area contributed by atoms with Gasteiger partial charge in [-0.25, -0.2) is 4.79 Å². The molecule has 0 heterocycles.